The zero-order valence-corrected chi connectivity index (χ0v) is 10.4. The van der Waals surface area contributed by atoms with Gasteiger partial charge >= 0.3 is 6.01 Å². The van der Waals surface area contributed by atoms with E-state index in [0.29, 0.717) is 24.6 Å². The summed E-state index contributed by atoms with van der Waals surface area (Å²) < 4.78 is 5.29. The first-order valence-corrected chi connectivity index (χ1v) is 6.15. The molecule has 0 atom stereocenters. The van der Waals surface area contributed by atoms with Crippen molar-refractivity contribution in [2.45, 2.75) is 39.2 Å². The fraction of sp³-hybridized carbons (Fsp3) is 0.727. The van der Waals surface area contributed by atoms with Crippen molar-refractivity contribution in [3.8, 4) is 6.01 Å². The second-order valence-corrected chi connectivity index (χ2v) is 4.13. The lowest BCUT2D eigenvalue weighted by Gasteiger charge is -2.21. The van der Waals surface area contributed by atoms with Gasteiger partial charge in [0.05, 0.1) is 6.61 Å². The van der Waals surface area contributed by atoms with Gasteiger partial charge in [0.2, 0.25) is 11.9 Å². The molecule has 1 aromatic rings. The number of nitrogens with two attached hydrogens (primary N) is 1. The van der Waals surface area contributed by atoms with Crippen molar-refractivity contribution in [3.05, 3.63) is 0 Å². The Morgan fingerprint density at radius 1 is 1.29 bits per heavy atom. The van der Waals surface area contributed by atoms with Crippen molar-refractivity contribution >= 4 is 11.9 Å². The molecule has 0 radical (unpaired) electrons. The lowest BCUT2D eigenvalue weighted by molar-refractivity contribution is 0.312. The third kappa shape index (κ3) is 2.95. The molecule has 6 heteroatoms. The van der Waals surface area contributed by atoms with E-state index in [0.717, 1.165) is 13.0 Å². The minimum atomic E-state index is 0.222. The standard InChI is InChI=1S/C11H19N5O/c1-3-7-16(8-5-6-8)10-13-9(12)14-11(15-10)17-4-2/h8H,3-7H2,1-2H3,(H2,12,13,14,15). The number of hydrogen-bond donors (Lipinski definition) is 1. The topological polar surface area (TPSA) is 77.2 Å². The van der Waals surface area contributed by atoms with E-state index in [-0.39, 0.29) is 5.95 Å². The van der Waals surface area contributed by atoms with Gasteiger partial charge in [0.25, 0.3) is 0 Å². The van der Waals surface area contributed by atoms with Gasteiger partial charge in [-0.2, -0.15) is 15.0 Å². The molecule has 1 saturated carbocycles. The van der Waals surface area contributed by atoms with Gasteiger partial charge in [-0.05, 0) is 26.2 Å². The molecule has 0 amide bonds. The molecule has 0 aromatic carbocycles. The molecule has 6 nitrogen and oxygen atoms in total. The Morgan fingerprint density at radius 3 is 2.65 bits per heavy atom. The summed E-state index contributed by atoms with van der Waals surface area (Å²) in [7, 11) is 0. The second-order valence-electron chi connectivity index (χ2n) is 4.13. The van der Waals surface area contributed by atoms with Crippen LogP contribution < -0.4 is 15.4 Å². The first kappa shape index (κ1) is 11.9. The first-order chi connectivity index (χ1) is 8.24. The fourth-order valence-electron chi connectivity index (χ4n) is 1.76. The van der Waals surface area contributed by atoms with Crippen molar-refractivity contribution in [2.75, 3.05) is 23.8 Å². The highest BCUT2D eigenvalue weighted by Gasteiger charge is 2.30. The minimum absolute atomic E-state index is 0.222. The van der Waals surface area contributed by atoms with Crippen molar-refractivity contribution in [3.63, 3.8) is 0 Å². The number of nitrogens with zero attached hydrogens (tertiary/aromatic N) is 4. The number of hydrogen-bond acceptors (Lipinski definition) is 6. The molecule has 1 aliphatic rings. The molecular formula is C11H19N5O. The molecule has 1 fully saturated rings. The van der Waals surface area contributed by atoms with E-state index >= 15 is 0 Å². The molecule has 0 bridgehead atoms. The van der Waals surface area contributed by atoms with E-state index in [9.17, 15) is 0 Å². The fourth-order valence-corrected chi connectivity index (χ4v) is 1.76. The molecule has 0 spiro atoms. The Kier molecular flexibility index (Phi) is 3.61. The molecule has 0 unspecified atom stereocenters. The van der Waals surface area contributed by atoms with Crippen LogP contribution in [0.5, 0.6) is 6.01 Å². The average Bonchev–Trinajstić information content (AvgIpc) is 3.09. The van der Waals surface area contributed by atoms with Crippen molar-refractivity contribution in [2.24, 2.45) is 0 Å². The van der Waals surface area contributed by atoms with Crippen molar-refractivity contribution < 1.29 is 4.74 Å². The van der Waals surface area contributed by atoms with Crippen molar-refractivity contribution in [1.82, 2.24) is 15.0 Å². The van der Waals surface area contributed by atoms with Crippen LogP contribution >= 0.6 is 0 Å². The van der Waals surface area contributed by atoms with Gasteiger partial charge in [-0.3, -0.25) is 0 Å². The largest absolute Gasteiger partial charge is 0.464 e. The lowest BCUT2D eigenvalue weighted by Crippen LogP contribution is -2.29. The van der Waals surface area contributed by atoms with E-state index < -0.39 is 0 Å². The Bertz CT molecular complexity index is 380. The highest BCUT2D eigenvalue weighted by Crippen LogP contribution is 2.30. The number of nitrogen functional groups attached to an aromatic ring is 1. The zero-order valence-electron chi connectivity index (χ0n) is 10.4. The predicted molar refractivity (Wildman–Crippen MR) is 66.1 cm³/mol. The van der Waals surface area contributed by atoms with E-state index in [4.69, 9.17) is 10.5 Å². The average molecular weight is 237 g/mol. The summed E-state index contributed by atoms with van der Waals surface area (Å²) in [6, 6.07) is 0.878. The lowest BCUT2D eigenvalue weighted by atomic mass is 10.4. The molecule has 17 heavy (non-hydrogen) atoms. The van der Waals surface area contributed by atoms with Crippen LogP contribution in [0.1, 0.15) is 33.1 Å². The van der Waals surface area contributed by atoms with Gasteiger partial charge in [0.15, 0.2) is 0 Å². The monoisotopic (exact) mass is 237 g/mol. The van der Waals surface area contributed by atoms with Crippen LogP contribution in [0.25, 0.3) is 0 Å². The molecular weight excluding hydrogens is 218 g/mol. The Hall–Kier alpha value is -1.59. The van der Waals surface area contributed by atoms with E-state index in [1.54, 1.807) is 0 Å². The number of rotatable bonds is 6. The maximum Gasteiger partial charge on any atom is 0.323 e. The van der Waals surface area contributed by atoms with Gasteiger partial charge in [-0.1, -0.05) is 6.92 Å². The summed E-state index contributed by atoms with van der Waals surface area (Å²) in [5.41, 5.74) is 5.68. The van der Waals surface area contributed by atoms with Crippen LogP contribution in [0.4, 0.5) is 11.9 Å². The maximum atomic E-state index is 5.68. The highest BCUT2D eigenvalue weighted by atomic mass is 16.5. The van der Waals surface area contributed by atoms with Gasteiger partial charge in [0.1, 0.15) is 0 Å². The number of ether oxygens (including phenoxy) is 1. The maximum absolute atomic E-state index is 5.68. The van der Waals surface area contributed by atoms with Crippen LogP contribution in [-0.4, -0.2) is 34.1 Å². The van der Waals surface area contributed by atoms with Crippen LogP contribution in [0, 0.1) is 0 Å². The van der Waals surface area contributed by atoms with Crippen LogP contribution in [0.15, 0.2) is 0 Å². The summed E-state index contributed by atoms with van der Waals surface area (Å²) in [5, 5.41) is 0. The zero-order chi connectivity index (χ0) is 12.3. The molecule has 1 aliphatic carbocycles. The summed E-state index contributed by atoms with van der Waals surface area (Å²) in [6.45, 7) is 5.51. The Morgan fingerprint density at radius 2 is 2.06 bits per heavy atom. The second kappa shape index (κ2) is 5.16. The summed E-state index contributed by atoms with van der Waals surface area (Å²) in [4.78, 5) is 14.7. The molecule has 1 aromatic heterocycles. The molecule has 0 aliphatic heterocycles. The Balaban J connectivity index is 2.22. The van der Waals surface area contributed by atoms with Gasteiger partial charge in [0, 0.05) is 12.6 Å². The third-order valence-electron chi connectivity index (χ3n) is 2.60. The summed E-state index contributed by atoms with van der Waals surface area (Å²) in [5.74, 6) is 0.866. The number of anilines is 2. The normalized spacial score (nSPS) is 14.7. The highest BCUT2D eigenvalue weighted by molar-refractivity contribution is 5.38. The van der Waals surface area contributed by atoms with E-state index in [1.807, 2.05) is 6.92 Å². The Labute approximate surface area is 101 Å². The van der Waals surface area contributed by atoms with Gasteiger partial charge < -0.3 is 15.4 Å². The molecule has 1 heterocycles. The SMILES string of the molecule is CCCN(c1nc(N)nc(OCC)n1)C1CC1. The molecule has 94 valence electrons. The van der Waals surface area contributed by atoms with Crippen LogP contribution in [0.3, 0.4) is 0 Å². The number of aromatic nitrogens is 3. The van der Waals surface area contributed by atoms with Crippen LogP contribution in [0.2, 0.25) is 0 Å². The van der Waals surface area contributed by atoms with Gasteiger partial charge in [-0.25, -0.2) is 0 Å². The van der Waals surface area contributed by atoms with Crippen LogP contribution in [-0.2, 0) is 0 Å². The third-order valence-corrected chi connectivity index (χ3v) is 2.60. The summed E-state index contributed by atoms with van der Waals surface area (Å²) in [6.07, 6.45) is 3.47. The van der Waals surface area contributed by atoms with E-state index in [2.05, 4.69) is 26.8 Å². The minimum Gasteiger partial charge on any atom is -0.464 e. The quantitative estimate of drug-likeness (QED) is 0.802. The first-order valence-electron chi connectivity index (χ1n) is 6.15. The molecule has 2 rings (SSSR count). The smallest absolute Gasteiger partial charge is 0.323 e. The summed E-state index contributed by atoms with van der Waals surface area (Å²) >= 11 is 0. The predicted octanol–water partition coefficient (Wildman–Crippen LogP) is 1.23. The van der Waals surface area contributed by atoms with Crippen molar-refractivity contribution in [1.29, 1.82) is 0 Å². The van der Waals surface area contributed by atoms with Gasteiger partial charge in [-0.15, -0.1) is 0 Å². The van der Waals surface area contributed by atoms with E-state index in [1.165, 1.54) is 12.8 Å². The molecule has 0 saturated heterocycles. The molecule has 2 N–H and O–H groups in total.